The molecule has 0 radical (unpaired) electrons. The number of pyridine rings is 1. The summed E-state index contributed by atoms with van der Waals surface area (Å²) in [5.41, 5.74) is 9.56. The van der Waals surface area contributed by atoms with E-state index in [0.717, 1.165) is 24.0 Å². The van der Waals surface area contributed by atoms with Gasteiger partial charge in [-0.15, -0.1) is 0 Å². The summed E-state index contributed by atoms with van der Waals surface area (Å²) in [7, 11) is 1.33. The summed E-state index contributed by atoms with van der Waals surface area (Å²) in [6, 6.07) is 7.39. The van der Waals surface area contributed by atoms with Crippen molar-refractivity contribution >= 4 is 17.5 Å². The Morgan fingerprint density at radius 3 is 2.66 bits per heavy atom. The molecule has 1 aliphatic heterocycles. The first-order valence-corrected chi connectivity index (χ1v) is 14.8. The predicted octanol–water partition coefficient (Wildman–Crippen LogP) is 4.35. The van der Waals surface area contributed by atoms with Gasteiger partial charge in [0.05, 0.1) is 30.1 Å². The maximum Gasteiger partial charge on any atom is 0.407 e. The molecule has 1 saturated carbocycles. The van der Waals surface area contributed by atoms with Crippen molar-refractivity contribution in [1.82, 2.24) is 29.8 Å². The average Bonchev–Trinajstić information content (AvgIpc) is 3.59. The van der Waals surface area contributed by atoms with Crippen molar-refractivity contribution in [3.05, 3.63) is 83.1 Å². The number of fused-ring (bicyclic) bond motifs is 1. The molecule has 4 aromatic rings. The second-order valence-electron chi connectivity index (χ2n) is 11.8. The van der Waals surface area contributed by atoms with Gasteiger partial charge in [-0.05, 0) is 78.1 Å². The molecule has 2 amide bonds. The number of amides is 2. The Morgan fingerprint density at radius 1 is 1.16 bits per heavy atom. The van der Waals surface area contributed by atoms with Gasteiger partial charge in [-0.25, -0.2) is 23.1 Å². The molecule has 6 rings (SSSR count). The van der Waals surface area contributed by atoms with Crippen molar-refractivity contribution in [2.45, 2.75) is 63.6 Å². The van der Waals surface area contributed by atoms with Crippen LogP contribution in [0.4, 0.5) is 13.6 Å². The van der Waals surface area contributed by atoms with Crippen LogP contribution in [0.25, 0.3) is 16.8 Å². The third-order valence-corrected chi connectivity index (χ3v) is 8.84. The van der Waals surface area contributed by atoms with E-state index in [2.05, 4.69) is 27.3 Å². The van der Waals surface area contributed by atoms with E-state index in [-0.39, 0.29) is 47.6 Å². The first-order chi connectivity index (χ1) is 21.2. The number of alkyl carbamates (subject to hydrolysis) is 1. The van der Waals surface area contributed by atoms with Crippen LogP contribution in [0, 0.1) is 17.6 Å². The smallest absolute Gasteiger partial charge is 0.407 e. The van der Waals surface area contributed by atoms with Crippen molar-refractivity contribution in [2.24, 2.45) is 11.7 Å². The number of carbonyl (C=O) groups excluding carboxylic acids is 2. The third kappa shape index (κ3) is 5.86. The molecule has 3 N–H and O–H groups in total. The largest absolute Gasteiger partial charge is 0.453 e. The van der Waals surface area contributed by atoms with Crippen LogP contribution in [0.15, 0.2) is 48.9 Å². The van der Waals surface area contributed by atoms with Crippen LogP contribution in [0.3, 0.4) is 0 Å². The van der Waals surface area contributed by atoms with Crippen molar-refractivity contribution in [3.8, 4) is 11.3 Å². The lowest BCUT2D eigenvalue weighted by Gasteiger charge is -2.39. The van der Waals surface area contributed by atoms with Gasteiger partial charge >= 0.3 is 6.09 Å². The Morgan fingerprint density at radius 2 is 1.95 bits per heavy atom. The number of carbonyl (C=O) groups is 2. The van der Waals surface area contributed by atoms with Gasteiger partial charge in [-0.3, -0.25) is 9.78 Å². The normalized spacial score (nSPS) is 22.0. The van der Waals surface area contributed by atoms with Gasteiger partial charge in [-0.1, -0.05) is 6.92 Å². The van der Waals surface area contributed by atoms with Gasteiger partial charge < -0.3 is 20.7 Å². The number of likely N-dealkylation sites (tertiary alicyclic amines) is 1. The maximum absolute atomic E-state index is 15.3. The van der Waals surface area contributed by atoms with Gasteiger partial charge in [0.1, 0.15) is 17.5 Å². The summed E-state index contributed by atoms with van der Waals surface area (Å²) in [6.45, 7) is 2.83. The Labute approximate surface area is 253 Å². The molecule has 1 aliphatic carbocycles. The fraction of sp³-hybridized carbons (Fsp3) is 0.406. The Bertz CT molecular complexity index is 1680. The van der Waals surface area contributed by atoms with Crippen molar-refractivity contribution < 1.29 is 23.1 Å². The van der Waals surface area contributed by atoms with Crippen LogP contribution >= 0.6 is 0 Å². The van der Waals surface area contributed by atoms with E-state index in [0.29, 0.717) is 42.7 Å². The quantitative estimate of drug-likeness (QED) is 0.322. The number of methoxy groups -OCH3 is 1. The minimum atomic E-state index is -0.738. The highest BCUT2D eigenvalue weighted by atomic mass is 19.1. The second-order valence-corrected chi connectivity index (χ2v) is 11.8. The topological polar surface area (TPSA) is 128 Å². The van der Waals surface area contributed by atoms with Gasteiger partial charge in [0.2, 0.25) is 5.91 Å². The van der Waals surface area contributed by atoms with Crippen LogP contribution in [0.5, 0.6) is 0 Å². The van der Waals surface area contributed by atoms with Crippen molar-refractivity contribution in [2.75, 3.05) is 13.7 Å². The average molecular weight is 604 g/mol. The summed E-state index contributed by atoms with van der Waals surface area (Å²) >= 11 is 0. The molecule has 10 nitrogen and oxygen atoms in total. The molecule has 3 aromatic heterocycles. The highest BCUT2D eigenvalue weighted by Gasteiger charge is 2.36. The molecule has 1 saturated heterocycles. The molecular weight excluding hydrogens is 568 g/mol. The Balaban J connectivity index is 1.25. The standard InChI is InChI=1S/C32H35F2N7O3/c1-18-10-20(13-26(35)31(18)38-32(43)44-2)23-7-8-36-15-21(23)14-28-37-16-22-5-6-27(39-41(22)28)30-24(33)11-19(12-25(30)34)17-40-9-3-4-29(40)42/h5-8,11-12,15-16,18,20,26,31H,3-4,9-10,13-14,17,35H2,1-2H3,(H,38,43)/t18-,20+,26+,31-/m0/s1. The lowest BCUT2D eigenvalue weighted by atomic mass is 9.72. The zero-order chi connectivity index (χ0) is 31.0. The second kappa shape index (κ2) is 12.3. The molecule has 4 atom stereocenters. The van der Waals surface area contributed by atoms with Crippen LogP contribution in [-0.2, 0) is 22.5 Å². The monoisotopic (exact) mass is 603 g/mol. The predicted molar refractivity (Wildman–Crippen MR) is 158 cm³/mol. The zero-order valence-electron chi connectivity index (χ0n) is 24.7. The van der Waals surface area contributed by atoms with Crippen molar-refractivity contribution in [1.29, 1.82) is 0 Å². The molecule has 0 spiro atoms. The third-order valence-electron chi connectivity index (χ3n) is 8.84. The number of ether oxygens (including phenoxy) is 1. The first kappa shape index (κ1) is 29.6. The van der Waals surface area contributed by atoms with E-state index < -0.39 is 17.7 Å². The van der Waals surface area contributed by atoms with E-state index in [1.807, 2.05) is 6.07 Å². The molecule has 2 aliphatic rings. The number of hydrogen-bond acceptors (Lipinski definition) is 7. The van der Waals surface area contributed by atoms with Crippen LogP contribution < -0.4 is 11.1 Å². The summed E-state index contributed by atoms with van der Waals surface area (Å²) in [6.07, 6.45) is 7.82. The molecule has 0 unspecified atom stereocenters. The van der Waals surface area contributed by atoms with Crippen LogP contribution in [0.2, 0.25) is 0 Å². The number of rotatable bonds is 7. The Hall–Kier alpha value is -4.45. The van der Waals surface area contributed by atoms with Gasteiger partial charge in [-0.2, -0.15) is 5.10 Å². The zero-order valence-corrected chi connectivity index (χ0v) is 24.7. The molecule has 2 fully saturated rings. The number of nitrogens with zero attached hydrogens (tertiary/aromatic N) is 5. The summed E-state index contributed by atoms with van der Waals surface area (Å²) in [4.78, 5) is 34.4. The molecule has 230 valence electrons. The minimum Gasteiger partial charge on any atom is -0.453 e. The SMILES string of the molecule is COC(=O)N[C@@H]1[C@H](N)C[C@H](c2ccncc2Cc2ncc3ccc(-c4c(F)cc(CN5CCCC5=O)cc4F)nn23)C[C@@H]1C. The van der Waals surface area contributed by atoms with Crippen molar-refractivity contribution in [3.63, 3.8) is 0 Å². The van der Waals surface area contributed by atoms with Crippen LogP contribution in [0.1, 0.15) is 61.0 Å². The lowest BCUT2D eigenvalue weighted by Crippen LogP contribution is -2.54. The van der Waals surface area contributed by atoms with E-state index in [9.17, 15) is 9.59 Å². The fourth-order valence-corrected chi connectivity index (χ4v) is 6.68. The molecule has 4 heterocycles. The number of hydrogen-bond donors (Lipinski definition) is 2. The number of imidazole rings is 1. The molecule has 0 bridgehead atoms. The van der Waals surface area contributed by atoms with E-state index in [1.165, 1.54) is 19.2 Å². The van der Waals surface area contributed by atoms with Gasteiger partial charge in [0.15, 0.2) is 0 Å². The molecule has 1 aromatic carbocycles. The molecular formula is C32H35F2N7O3. The number of nitrogens with two attached hydrogens (primary N) is 1. The number of nitrogens with one attached hydrogen (secondary N) is 1. The molecule has 44 heavy (non-hydrogen) atoms. The number of benzene rings is 1. The highest BCUT2D eigenvalue weighted by Crippen LogP contribution is 2.38. The summed E-state index contributed by atoms with van der Waals surface area (Å²) in [5, 5.41) is 7.47. The fourth-order valence-electron chi connectivity index (χ4n) is 6.68. The minimum absolute atomic E-state index is 0.00738. The highest BCUT2D eigenvalue weighted by molar-refractivity contribution is 5.78. The molecule has 12 heteroatoms. The Kier molecular flexibility index (Phi) is 8.26. The first-order valence-electron chi connectivity index (χ1n) is 14.8. The summed E-state index contributed by atoms with van der Waals surface area (Å²) < 4.78 is 37.0. The van der Waals surface area contributed by atoms with E-state index in [4.69, 9.17) is 10.5 Å². The number of aromatic nitrogens is 4. The number of halogens is 2. The lowest BCUT2D eigenvalue weighted by molar-refractivity contribution is -0.128. The van der Waals surface area contributed by atoms with E-state index in [1.54, 1.807) is 40.1 Å². The van der Waals surface area contributed by atoms with E-state index >= 15 is 8.78 Å². The maximum atomic E-state index is 15.3. The van der Waals surface area contributed by atoms with Gasteiger partial charge in [0.25, 0.3) is 0 Å². The van der Waals surface area contributed by atoms with Crippen LogP contribution in [-0.4, -0.2) is 62.2 Å². The summed E-state index contributed by atoms with van der Waals surface area (Å²) in [5.74, 6) is -0.630. The van der Waals surface area contributed by atoms with Gasteiger partial charge in [0, 0.05) is 50.4 Å².